The van der Waals surface area contributed by atoms with Gasteiger partial charge in [0.15, 0.2) is 0 Å². The van der Waals surface area contributed by atoms with Crippen molar-refractivity contribution in [3.05, 3.63) is 12.3 Å². The summed E-state index contributed by atoms with van der Waals surface area (Å²) in [5, 5.41) is 8.35. The number of amides is 1. The molecule has 0 rings (SSSR count). The van der Waals surface area contributed by atoms with Crippen LogP contribution in [0.2, 0.25) is 0 Å². The molecule has 0 atom stereocenters. The maximum atomic E-state index is 10.6. The molecule has 0 unspecified atom stereocenters. The lowest BCUT2D eigenvalue weighted by atomic mass is 10.3. The molecule has 5 heteroatoms. The monoisotopic (exact) mass is 186 g/mol. The first kappa shape index (κ1) is 11.5. The molecule has 1 amide bonds. The summed E-state index contributed by atoms with van der Waals surface area (Å²) in [5.74, 6) is -1.53. The summed E-state index contributed by atoms with van der Waals surface area (Å²) < 4.78 is 0. The van der Waals surface area contributed by atoms with Gasteiger partial charge in [-0.05, 0) is 13.8 Å². The maximum absolute atomic E-state index is 10.6. The van der Waals surface area contributed by atoms with Crippen LogP contribution < -0.4 is 5.73 Å². The number of carboxylic acid groups (broad SMARTS) is 1. The molecule has 0 aromatic carbocycles. The Morgan fingerprint density at radius 1 is 1.54 bits per heavy atom. The van der Waals surface area contributed by atoms with E-state index in [4.69, 9.17) is 10.8 Å². The smallest absolute Gasteiger partial charge is 0.329 e. The third-order valence-electron chi connectivity index (χ3n) is 1.41. The second-order valence-electron chi connectivity index (χ2n) is 2.89. The number of rotatable bonds is 5. The van der Waals surface area contributed by atoms with Gasteiger partial charge in [0.05, 0.1) is 6.54 Å². The Kier molecular flexibility index (Phi) is 4.58. The van der Waals surface area contributed by atoms with Crippen LogP contribution in [0.5, 0.6) is 0 Å². The number of primary amides is 1. The van der Waals surface area contributed by atoms with Gasteiger partial charge in [-0.1, -0.05) is 0 Å². The molecule has 0 aromatic heterocycles. The zero-order chi connectivity index (χ0) is 10.4. The van der Waals surface area contributed by atoms with E-state index >= 15 is 0 Å². The van der Waals surface area contributed by atoms with Gasteiger partial charge in [0.25, 0.3) is 0 Å². The van der Waals surface area contributed by atoms with Gasteiger partial charge in [-0.2, -0.15) is 0 Å². The summed E-state index contributed by atoms with van der Waals surface area (Å²) in [7, 11) is 0. The van der Waals surface area contributed by atoms with Crippen LogP contribution in [0.1, 0.15) is 13.8 Å². The highest BCUT2D eigenvalue weighted by Crippen LogP contribution is 1.97. The molecular formula is C8H14N2O3. The van der Waals surface area contributed by atoms with Crippen LogP contribution in [0.25, 0.3) is 0 Å². The lowest BCUT2D eigenvalue weighted by molar-refractivity contribution is -0.131. The molecule has 0 aliphatic heterocycles. The average molecular weight is 186 g/mol. The zero-order valence-electron chi connectivity index (χ0n) is 7.73. The van der Waals surface area contributed by atoms with Gasteiger partial charge < -0.3 is 15.7 Å². The predicted molar refractivity (Wildman–Crippen MR) is 47.8 cm³/mol. The molecule has 0 aliphatic carbocycles. The average Bonchev–Trinajstić information content (AvgIpc) is 1.96. The summed E-state index contributed by atoms with van der Waals surface area (Å²) in [6.07, 6.45) is 2.32. The fourth-order valence-corrected chi connectivity index (χ4v) is 0.747. The van der Waals surface area contributed by atoms with E-state index in [1.54, 1.807) is 4.90 Å². The number of hydrogen-bond acceptors (Lipinski definition) is 3. The molecule has 0 saturated carbocycles. The van der Waals surface area contributed by atoms with Gasteiger partial charge in [-0.15, -0.1) is 0 Å². The van der Waals surface area contributed by atoms with E-state index in [1.807, 2.05) is 13.8 Å². The highest BCUT2D eigenvalue weighted by molar-refractivity contribution is 5.80. The molecule has 3 N–H and O–H groups in total. The molecule has 0 heterocycles. The van der Waals surface area contributed by atoms with E-state index in [0.29, 0.717) is 0 Å². The number of carbonyl (C=O) groups excluding carboxylic acids is 1. The zero-order valence-corrected chi connectivity index (χ0v) is 7.73. The third-order valence-corrected chi connectivity index (χ3v) is 1.41. The van der Waals surface area contributed by atoms with E-state index in [9.17, 15) is 9.59 Å². The van der Waals surface area contributed by atoms with Crippen molar-refractivity contribution in [2.45, 2.75) is 19.9 Å². The Bertz CT molecular complexity index is 223. The number of carbonyl (C=O) groups is 2. The van der Waals surface area contributed by atoms with Crippen molar-refractivity contribution < 1.29 is 14.7 Å². The van der Waals surface area contributed by atoms with Gasteiger partial charge in [0, 0.05) is 18.3 Å². The van der Waals surface area contributed by atoms with E-state index < -0.39 is 11.9 Å². The van der Waals surface area contributed by atoms with Crippen LogP contribution in [0.15, 0.2) is 12.3 Å². The van der Waals surface area contributed by atoms with E-state index in [0.717, 1.165) is 6.08 Å². The normalized spacial score (nSPS) is 10.7. The highest BCUT2D eigenvalue weighted by Gasteiger charge is 2.07. The molecule has 0 aromatic rings. The number of nitrogens with zero attached hydrogens (tertiary/aromatic N) is 1. The summed E-state index contributed by atoms with van der Waals surface area (Å²) in [5.41, 5.74) is 4.98. The largest absolute Gasteiger partial charge is 0.478 e. The molecule has 0 bridgehead atoms. The number of hydrogen-bond donors (Lipinski definition) is 2. The highest BCUT2D eigenvalue weighted by atomic mass is 16.4. The Labute approximate surface area is 76.8 Å². The van der Waals surface area contributed by atoms with Gasteiger partial charge in [-0.25, -0.2) is 4.79 Å². The molecule has 0 spiro atoms. The minimum atomic E-state index is -1.05. The van der Waals surface area contributed by atoms with Crippen molar-refractivity contribution in [2.24, 2.45) is 5.73 Å². The first-order valence-electron chi connectivity index (χ1n) is 3.88. The Balaban J connectivity index is 4.26. The predicted octanol–water partition coefficient (Wildman–Crippen LogP) is -0.220. The summed E-state index contributed by atoms with van der Waals surface area (Å²) in [4.78, 5) is 22.3. The van der Waals surface area contributed by atoms with E-state index in [-0.39, 0.29) is 12.6 Å². The van der Waals surface area contributed by atoms with Crippen LogP contribution in [0.3, 0.4) is 0 Å². The number of aliphatic carboxylic acids is 1. The second-order valence-corrected chi connectivity index (χ2v) is 2.89. The van der Waals surface area contributed by atoms with Gasteiger partial charge >= 0.3 is 5.97 Å². The van der Waals surface area contributed by atoms with Crippen LogP contribution >= 0.6 is 0 Å². The minimum Gasteiger partial charge on any atom is -0.478 e. The van der Waals surface area contributed by atoms with Gasteiger partial charge in [0.2, 0.25) is 5.91 Å². The molecule has 5 nitrogen and oxygen atoms in total. The van der Waals surface area contributed by atoms with Crippen LogP contribution in [-0.2, 0) is 9.59 Å². The standard InChI is InChI=1S/C8H14N2O3/c1-6(2)10(5-7(9)11)4-3-8(12)13/h3-4,6H,5H2,1-2H3,(H2,9,11)(H,12,13). The van der Waals surface area contributed by atoms with Crippen molar-refractivity contribution in [1.29, 1.82) is 0 Å². The Morgan fingerprint density at radius 3 is 2.38 bits per heavy atom. The van der Waals surface area contributed by atoms with Crippen LogP contribution in [0, 0.1) is 0 Å². The van der Waals surface area contributed by atoms with Crippen molar-refractivity contribution in [1.82, 2.24) is 4.90 Å². The molecule has 74 valence electrons. The fourth-order valence-electron chi connectivity index (χ4n) is 0.747. The van der Waals surface area contributed by atoms with Gasteiger partial charge in [-0.3, -0.25) is 4.79 Å². The topological polar surface area (TPSA) is 83.6 Å². The Morgan fingerprint density at radius 2 is 2.08 bits per heavy atom. The van der Waals surface area contributed by atoms with Gasteiger partial charge in [0.1, 0.15) is 0 Å². The summed E-state index contributed by atoms with van der Waals surface area (Å²) in [6.45, 7) is 3.71. The number of nitrogens with two attached hydrogens (primary N) is 1. The molecule has 13 heavy (non-hydrogen) atoms. The van der Waals surface area contributed by atoms with Crippen LogP contribution in [0.4, 0.5) is 0 Å². The first-order valence-corrected chi connectivity index (χ1v) is 3.88. The molecular weight excluding hydrogens is 172 g/mol. The molecule has 0 saturated heterocycles. The quantitative estimate of drug-likeness (QED) is 0.581. The lowest BCUT2D eigenvalue weighted by Crippen LogP contribution is -2.34. The van der Waals surface area contributed by atoms with E-state index in [1.165, 1.54) is 6.20 Å². The fraction of sp³-hybridized carbons (Fsp3) is 0.500. The Hall–Kier alpha value is -1.52. The molecule has 0 aliphatic rings. The van der Waals surface area contributed by atoms with Crippen molar-refractivity contribution in [3.63, 3.8) is 0 Å². The second kappa shape index (κ2) is 5.18. The summed E-state index contributed by atoms with van der Waals surface area (Å²) in [6, 6.07) is 0.0445. The van der Waals surface area contributed by atoms with Crippen molar-refractivity contribution in [2.75, 3.05) is 6.54 Å². The maximum Gasteiger partial charge on any atom is 0.329 e. The third kappa shape index (κ3) is 5.72. The van der Waals surface area contributed by atoms with Crippen molar-refractivity contribution >= 4 is 11.9 Å². The SMILES string of the molecule is CC(C)N(C=CC(=O)O)CC(N)=O. The first-order chi connectivity index (χ1) is 5.93. The van der Waals surface area contributed by atoms with Crippen molar-refractivity contribution in [3.8, 4) is 0 Å². The lowest BCUT2D eigenvalue weighted by Gasteiger charge is -2.22. The van der Waals surface area contributed by atoms with E-state index in [2.05, 4.69) is 0 Å². The molecule has 0 fully saturated rings. The summed E-state index contributed by atoms with van der Waals surface area (Å²) >= 11 is 0. The molecule has 0 radical (unpaired) electrons. The van der Waals surface area contributed by atoms with Crippen LogP contribution in [-0.4, -0.2) is 34.5 Å². The minimum absolute atomic E-state index is 0.0292. The number of carboxylic acids is 1.